The lowest BCUT2D eigenvalue weighted by atomic mass is 10.4. The molecule has 2 fully saturated rings. The van der Waals surface area contributed by atoms with E-state index in [2.05, 4.69) is 16.8 Å². The molecule has 1 saturated heterocycles. The minimum Gasteiger partial charge on any atom is -0.379 e. The van der Waals surface area contributed by atoms with Crippen LogP contribution in [0.25, 0.3) is 0 Å². The Morgan fingerprint density at radius 3 is 2.67 bits per heavy atom. The molecule has 1 saturated carbocycles. The third kappa shape index (κ3) is 3.15. The maximum atomic E-state index is 12.7. The molecule has 3 rings (SSSR count). The Morgan fingerprint density at radius 1 is 1.33 bits per heavy atom. The van der Waals surface area contributed by atoms with Crippen molar-refractivity contribution in [3.63, 3.8) is 0 Å². The number of morpholine rings is 1. The second-order valence-electron chi connectivity index (χ2n) is 5.60. The van der Waals surface area contributed by atoms with Crippen LogP contribution in [0.2, 0.25) is 0 Å². The third-order valence-corrected chi connectivity index (χ3v) is 5.88. The molecule has 1 aromatic rings. The standard InChI is InChI=1S/C14H23N3O3S/c1-2-15-10-13-9-14(11-17(13)12-3-4-12)21(18,19)16-5-7-20-8-6-16/h9,11-12,15H,2-8,10H2,1H3. The molecule has 0 spiro atoms. The van der Waals surface area contributed by atoms with Crippen molar-refractivity contribution in [3.05, 3.63) is 18.0 Å². The molecule has 0 atom stereocenters. The van der Waals surface area contributed by atoms with Crippen LogP contribution in [-0.2, 0) is 21.3 Å². The number of rotatable bonds is 6. The Labute approximate surface area is 126 Å². The summed E-state index contributed by atoms with van der Waals surface area (Å²) in [5.74, 6) is 0. The van der Waals surface area contributed by atoms with E-state index in [0.717, 1.165) is 25.1 Å². The smallest absolute Gasteiger partial charge is 0.244 e. The molecule has 1 aromatic heterocycles. The SMILES string of the molecule is CCNCc1cc(S(=O)(=O)N2CCOCC2)cn1C1CC1. The highest BCUT2D eigenvalue weighted by atomic mass is 32.2. The number of hydrogen-bond acceptors (Lipinski definition) is 4. The zero-order valence-corrected chi connectivity index (χ0v) is 13.2. The van der Waals surface area contributed by atoms with Crippen molar-refractivity contribution in [1.82, 2.24) is 14.2 Å². The van der Waals surface area contributed by atoms with Crippen molar-refractivity contribution in [2.45, 2.75) is 37.2 Å². The van der Waals surface area contributed by atoms with E-state index in [4.69, 9.17) is 4.74 Å². The number of ether oxygens (including phenoxy) is 1. The van der Waals surface area contributed by atoms with Crippen LogP contribution in [0, 0.1) is 0 Å². The molecule has 7 heteroatoms. The van der Waals surface area contributed by atoms with Gasteiger partial charge in [0.05, 0.1) is 13.2 Å². The predicted molar refractivity (Wildman–Crippen MR) is 79.7 cm³/mol. The normalized spacial score (nSPS) is 20.8. The number of nitrogens with zero attached hydrogens (tertiary/aromatic N) is 2. The van der Waals surface area contributed by atoms with Crippen LogP contribution >= 0.6 is 0 Å². The first-order chi connectivity index (χ1) is 10.1. The number of sulfonamides is 1. The Morgan fingerprint density at radius 2 is 2.05 bits per heavy atom. The molecular formula is C14H23N3O3S. The molecular weight excluding hydrogens is 290 g/mol. The quantitative estimate of drug-likeness (QED) is 0.849. The van der Waals surface area contributed by atoms with Crippen LogP contribution in [0.15, 0.2) is 17.2 Å². The van der Waals surface area contributed by atoms with E-state index in [1.54, 1.807) is 0 Å². The Kier molecular flexibility index (Phi) is 4.35. The van der Waals surface area contributed by atoms with E-state index in [0.29, 0.717) is 43.8 Å². The van der Waals surface area contributed by atoms with Crippen LogP contribution in [0.1, 0.15) is 31.5 Å². The maximum Gasteiger partial charge on any atom is 0.244 e. The molecule has 0 aromatic carbocycles. The van der Waals surface area contributed by atoms with Crippen molar-refractivity contribution in [3.8, 4) is 0 Å². The monoisotopic (exact) mass is 313 g/mol. The van der Waals surface area contributed by atoms with Crippen LogP contribution in [0.4, 0.5) is 0 Å². The predicted octanol–water partition coefficient (Wildman–Crippen LogP) is 0.953. The maximum absolute atomic E-state index is 12.7. The number of aromatic nitrogens is 1. The molecule has 6 nitrogen and oxygen atoms in total. The molecule has 21 heavy (non-hydrogen) atoms. The van der Waals surface area contributed by atoms with Gasteiger partial charge in [-0.2, -0.15) is 4.31 Å². The van der Waals surface area contributed by atoms with E-state index in [-0.39, 0.29) is 0 Å². The van der Waals surface area contributed by atoms with Crippen LogP contribution < -0.4 is 5.32 Å². The summed E-state index contributed by atoms with van der Waals surface area (Å²) in [5, 5.41) is 3.28. The molecule has 0 unspecified atom stereocenters. The molecule has 1 N–H and O–H groups in total. The van der Waals surface area contributed by atoms with Gasteiger partial charge >= 0.3 is 0 Å². The molecule has 2 aliphatic rings. The number of hydrogen-bond donors (Lipinski definition) is 1. The largest absolute Gasteiger partial charge is 0.379 e. The molecule has 0 bridgehead atoms. The van der Waals surface area contributed by atoms with E-state index in [1.165, 1.54) is 4.31 Å². The van der Waals surface area contributed by atoms with Gasteiger partial charge in [0.1, 0.15) is 4.90 Å². The van der Waals surface area contributed by atoms with Crippen molar-refractivity contribution in [2.75, 3.05) is 32.8 Å². The topological polar surface area (TPSA) is 63.6 Å². The summed E-state index contributed by atoms with van der Waals surface area (Å²) in [7, 11) is -3.39. The van der Waals surface area contributed by atoms with E-state index in [1.807, 2.05) is 12.3 Å². The van der Waals surface area contributed by atoms with Gasteiger partial charge in [-0.25, -0.2) is 8.42 Å². The summed E-state index contributed by atoms with van der Waals surface area (Å²) in [5.41, 5.74) is 1.06. The zero-order chi connectivity index (χ0) is 14.9. The van der Waals surface area contributed by atoms with Gasteiger partial charge in [0, 0.05) is 37.6 Å². The molecule has 1 aliphatic heterocycles. The molecule has 2 heterocycles. The Bertz CT molecular complexity index is 587. The van der Waals surface area contributed by atoms with Gasteiger partial charge in [-0.15, -0.1) is 0 Å². The van der Waals surface area contributed by atoms with Gasteiger partial charge in [-0.1, -0.05) is 6.92 Å². The van der Waals surface area contributed by atoms with Crippen molar-refractivity contribution < 1.29 is 13.2 Å². The van der Waals surface area contributed by atoms with E-state index >= 15 is 0 Å². The number of nitrogens with one attached hydrogen (secondary N) is 1. The third-order valence-electron chi connectivity index (χ3n) is 4.01. The molecule has 1 aliphatic carbocycles. The summed E-state index contributed by atoms with van der Waals surface area (Å²) >= 11 is 0. The van der Waals surface area contributed by atoms with Crippen molar-refractivity contribution in [1.29, 1.82) is 0 Å². The zero-order valence-electron chi connectivity index (χ0n) is 12.4. The summed E-state index contributed by atoms with van der Waals surface area (Å²) in [6, 6.07) is 2.30. The average molecular weight is 313 g/mol. The molecule has 0 amide bonds. The van der Waals surface area contributed by atoms with Gasteiger partial charge in [0.2, 0.25) is 10.0 Å². The van der Waals surface area contributed by atoms with Gasteiger partial charge in [0.25, 0.3) is 0 Å². The molecule has 118 valence electrons. The van der Waals surface area contributed by atoms with Crippen LogP contribution in [0.5, 0.6) is 0 Å². The fraction of sp³-hybridized carbons (Fsp3) is 0.714. The lowest BCUT2D eigenvalue weighted by Gasteiger charge is -2.25. The van der Waals surface area contributed by atoms with Crippen molar-refractivity contribution >= 4 is 10.0 Å². The minimum atomic E-state index is -3.39. The Balaban J connectivity index is 1.86. The Hall–Kier alpha value is -0.890. The summed E-state index contributed by atoms with van der Waals surface area (Å²) in [6.45, 7) is 5.49. The fourth-order valence-corrected chi connectivity index (χ4v) is 4.12. The van der Waals surface area contributed by atoms with Gasteiger partial charge in [-0.05, 0) is 25.5 Å². The van der Waals surface area contributed by atoms with E-state index in [9.17, 15) is 8.42 Å². The first kappa shape index (κ1) is 15.0. The minimum absolute atomic E-state index is 0.421. The van der Waals surface area contributed by atoms with Gasteiger partial charge in [-0.3, -0.25) is 0 Å². The average Bonchev–Trinajstić information content (AvgIpc) is 3.25. The van der Waals surface area contributed by atoms with Crippen LogP contribution in [0.3, 0.4) is 0 Å². The first-order valence-corrected chi connectivity index (χ1v) is 9.06. The van der Waals surface area contributed by atoms with Gasteiger partial charge < -0.3 is 14.6 Å². The summed E-state index contributed by atoms with van der Waals surface area (Å²) in [6.07, 6.45) is 4.10. The van der Waals surface area contributed by atoms with Crippen LogP contribution in [-0.4, -0.2) is 50.1 Å². The lowest BCUT2D eigenvalue weighted by molar-refractivity contribution is 0.0730. The summed E-state index contributed by atoms with van der Waals surface area (Å²) in [4.78, 5) is 0.421. The fourth-order valence-electron chi connectivity index (χ4n) is 2.66. The summed E-state index contributed by atoms with van der Waals surface area (Å²) < 4.78 is 34.3. The highest BCUT2D eigenvalue weighted by Gasteiger charge is 2.31. The second-order valence-corrected chi connectivity index (χ2v) is 7.54. The lowest BCUT2D eigenvalue weighted by Crippen LogP contribution is -2.40. The van der Waals surface area contributed by atoms with Gasteiger partial charge in [0.15, 0.2) is 0 Å². The first-order valence-electron chi connectivity index (χ1n) is 7.62. The highest BCUT2D eigenvalue weighted by molar-refractivity contribution is 7.89. The highest BCUT2D eigenvalue weighted by Crippen LogP contribution is 2.37. The molecule has 0 radical (unpaired) electrons. The van der Waals surface area contributed by atoms with E-state index < -0.39 is 10.0 Å². The van der Waals surface area contributed by atoms with Crippen molar-refractivity contribution in [2.24, 2.45) is 0 Å². The second kappa shape index (κ2) is 6.08.